The van der Waals surface area contributed by atoms with Gasteiger partial charge in [0.1, 0.15) is 18.2 Å². The van der Waals surface area contributed by atoms with Crippen LogP contribution in [0.15, 0.2) is 81.6 Å². The first kappa shape index (κ1) is 28.1. The van der Waals surface area contributed by atoms with Crippen molar-refractivity contribution >= 4 is 9.84 Å². The Morgan fingerprint density at radius 1 is 1.10 bits per heavy atom. The number of ether oxygens (including phenoxy) is 2. The van der Waals surface area contributed by atoms with Crippen LogP contribution in [0.1, 0.15) is 29.9 Å². The average molecular weight is 554 g/mol. The number of sulfone groups is 1. The second-order valence-electron chi connectivity index (χ2n) is 8.71. The minimum absolute atomic E-state index is 0.00357. The quantitative estimate of drug-likeness (QED) is 0.312. The molecule has 11 heteroatoms. The molecule has 4 rings (SSSR count). The van der Waals surface area contributed by atoms with Crippen molar-refractivity contribution in [3.05, 3.63) is 100 Å². The van der Waals surface area contributed by atoms with Crippen molar-refractivity contribution in [3.8, 4) is 17.0 Å². The highest BCUT2D eigenvalue weighted by Gasteiger charge is 2.32. The summed E-state index contributed by atoms with van der Waals surface area (Å²) in [6, 6.07) is 13.0. The number of rotatable bonds is 10. The van der Waals surface area contributed by atoms with Crippen molar-refractivity contribution < 1.29 is 27.4 Å². The van der Waals surface area contributed by atoms with E-state index in [9.17, 15) is 18.3 Å². The monoisotopic (exact) mass is 553 g/mol. The molecule has 0 saturated heterocycles. The Hall–Kier alpha value is -3.93. The number of aromatic nitrogens is 3. The lowest BCUT2D eigenvalue weighted by Gasteiger charge is -2.23. The third-order valence-corrected chi connectivity index (χ3v) is 7.98. The molecule has 0 amide bonds. The molecule has 0 saturated carbocycles. The Labute approximate surface area is 225 Å². The molecule has 0 bridgehead atoms. The van der Waals surface area contributed by atoms with E-state index in [0.29, 0.717) is 23.3 Å². The predicted octanol–water partition coefficient (Wildman–Crippen LogP) is 4.06. The second-order valence-corrected chi connectivity index (χ2v) is 10.6. The van der Waals surface area contributed by atoms with Gasteiger partial charge in [0.15, 0.2) is 4.90 Å². The summed E-state index contributed by atoms with van der Waals surface area (Å²) >= 11 is 0. The van der Waals surface area contributed by atoms with Crippen LogP contribution in [0, 0.1) is 12.7 Å². The fourth-order valence-corrected chi connectivity index (χ4v) is 5.68. The number of methoxy groups -OCH3 is 1. The van der Waals surface area contributed by atoms with Gasteiger partial charge in [-0.3, -0.25) is 14.3 Å². The molecule has 2 aromatic heterocycles. The zero-order valence-corrected chi connectivity index (χ0v) is 22.5. The SMILES string of the molecule is CCOCc1nc(O)c(S(=O)(=O)c2ccc(-c3ccncc3C)c(F)c2)c(=O)n1C(COC)c1ccccc1. The molecular formula is C28H28FN3O6S. The van der Waals surface area contributed by atoms with Crippen LogP contribution in [-0.4, -0.2) is 48.4 Å². The lowest BCUT2D eigenvalue weighted by Crippen LogP contribution is -2.35. The molecule has 9 nitrogen and oxygen atoms in total. The Balaban J connectivity index is 1.91. The second kappa shape index (κ2) is 11.9. The van der Waals surface area contributed by atoms with Gasteiger partial charge >= 0.3 is 0 Å². The summed E-state index contributed by atoms with van der Waals surface area (Å²) in [7, 11) is -3.25. The molecule has 4 aromatic rings. The van der Waals surface area contributed by atoms with E-state index in [2.05, 4.69) is 9.97 Å². The number of hydrogen-bond acceptors (Lipinski definition) is 8. The van der Waals surface area contributed by atoms with E-state index in [0.717, 1.165) is 10.6 Å². The van der Waals surface area contributed by atoms with Gasteiger partial charge in [0, 0.05) is 31.7 Å². The molecule has 1 N–H and O–H groups in total. The molecular weight excluding hydrogens is 525 g/mol. The highest BCUT2D eigenvalue weighted by Crippen LogP contribution is 2.31. The first-order valence-corrected chi connectivity index (χ1v) is 13.6. The van der Waals surface area contributed by atoms with Crippen molar-refractivity contribution in [2.24, 2.45) is 0 Å². The summed E-state index contributed by atoms with van der Waals surface area (Å²) in [5, 5.41) is 10.7. The van der Waals surface area contributed by atoms with Gasteiger partial charge in [0.25, 0.3) is 5.56 Å². The van der Waals surface area contributed by atoms with Crippen molar-refractivity contribution in [2.45, 2.75) is 36.3 Å². The Kier molecular flexibility index (Phi) is 8.54. The first-order chi connectivity index (χ1) is 18.7. The highest BCUT2D eigenvalue weighted by atomic mass is 32.2. The highest BCUT2D eigenvalue weighted by molar-refractivity contribution is 7.91. The Morgan fingerprint density at radius 3 is 2.49 bits per heavy atom. The molecule has 0 spiro atoms. The molecule has 0 fully saturated rings. The zero-order valence-electron chi connectivity index (χ0n) is 21.7. The van der Waals surface area contributed by atoms with E-state index in [-0.39, 0.29) is 24.6 Å². The van der Waals surface area contributed by atoms with Crippen LogP contribution in [0.2, 0.25) is 0 Å². The molecule has 0 aliphatic carbocycles. The van der Waals surface area contributed by atoms with Crippen molar-refractivity contribution in [2.75, 3.05) is 20.3 Å². The van der Waals surface area contributed by atoms with Gasteiger partial charge in [-0.2, -0.15) is 4.98 Å². The zero-order chi connectivity index (χ0) is 28.2. The molecule has 2 aromatic carbocycles. The molecule has 1 unspecified atom stereocenters. The predicted molar refractivity (Wildman–Crippen MR) is 142 cm³/mol. The van der Waals surface area contributed by atoms with Crippen LogP contribution in [0.3, 0.4) is 0 Å². The summed E-state index contributed by atoms with van der Waals surface area (Å²) < 4.78 is 54.5. The fourth-order valence-electron chi connectivity index (χ4n) is 4.33. The van der Waals surface area contributed by atoms with E-state index in [4.69, 9.17) is 9.47 Å². The lowest BCUT2D eigenvalue weighted by molar-refractivity contribution is 0.116. The van der Waals surface area contributed by atoms with Gasteiger partial charge in [0.05, 0.1) is 17.5 Å². The standard InChI is InChI=1S/C28H28FN3O6S/c1-4-38-17-25-31-27(33)26(28(34)32(25)24(16-37-3)19-8-6-5-7-9-19)39(35,36)20-10-11-22(23(29)14-20)21-12-13-30-15-18(21)2/h5-15,24,33H,4,16-17H2,1-3H3. The third-order valence-electron chi connectivity index (χ3n) is 6.22. The minimum atomic E-state index is -4.70. The van der Waals surface area contributed by atoms with Crippen LogP contribution in [0.25, 0.3) is 11.1 Å². The van der Waals surface area contributed by atoms with Crippen LogP contribution < -0.4 is 5.56 Å². The van der Waals surface area contributed by atoms with Crippen LogP contribution in [0.4, 0.5) is 4.39 Å². The topological polar surface area (TPSA) is 121 Å². The van der Waals surface area contributed by atoms with E-state index in [1.807, 2.05) is 0 Å². The molecule has 39 heavy (non-hydrogen) atoms. The molecule has 204 valence electrons. The van der Waals surface area contributed by atoms with Crippen molar-refractivity contribution in [1.82, 2.24) is 14.5 Å². The normalized spacial score (nSPS) is 12.4. The van der Waals surface area contributed by atoms with Crippen LogP contribution >= 0.6 is 0 Å². The van der Waals surface area contributed by atoms with Crippen molar-refractivity contribution in [3.63, 3.8) is 0 Å². The molecule has 0 radical (unpaired) electrons. The first-order valence-electron chi connectivity index (χ1n) is 12.1. The summed E-state index contributed by atoms with van der Waals surface area (Å²) in [5.74, 6) is -1.80. The average Bonchev–Trinajstić information content (AvgIpc) is 2.91. The number of nitrogens with zero attached hydrogens (tertiary/aromatic N) is 3. The summed E-state index contributed by atoms with van der Waals surface area (Å²) in [6.45, 7) is 3.63. The van der Waals surface area contributed by atoms with Gasteiger partial charge in [0.2, 0.25) is 15.7 Å². The van der Waals surface area contributed by atoms with Gasteiger partial charge in [-0.05, 0) is 48.7 Å². The smallest absolute Gasteiger partial charge is 0.277 e. The number of aryl methyl sites for hydroxylation is 1. The van der Waals surface area contributed by atoms with Crippen LogP contribution in [0.5, 0.6) is 5.88 Å². The third kappa shape index (κ3) is 5.60. The summed E-state index contributed by atoms with van der Waals surface area (Å²) in [4.78, 5) is 20.4. The Morgan fingerprint density at radius 2 is 1.85 bits per heavy atom. The molecule has 2 heterocycles. The maximum absolute atomic E-state index is 15.2. The van der Waals surface area contributed by atoms with E-state index in [1.165, 1.54) is 25.4 Å². The van der Waals surface area contributed by atoms with Gasteiger partial charge in [-0.25, -0.2) is 12.8 Å². The number of benzene rings is 2. The largest absolute Gasteiger partial charge is 0.492 e. The van der Waals surface area contributed by atoms with Crippen LogP contribution in [-0.2, 0) is 25.9 Å². The number of hydrogen-bond donors (Lipinski definition) is 1. The number of aromatic hydroxyl groups is 1. The fraction of sp³-hybridized carbons (Fsp3) is 0.250. The maximum atomic E-state index is 15.2. The van der Waals surface area contributed by atoms with E-state index < -0.39 is 42.9 Å². The molecule has 1 atom stereocenters. The maximum Gasteiger partial charge on any atom is 0.277 e. The van der Waals surface area contributed by atoms with E-state index >= 15 is 4.39 Å². The van der Waals surface area contributed by atoms with Gasteiger partial charge in [-0.1, -0.05) is 36.4 Å². The minimum Gasteiger partial charge on any atom is -0.492 e. The number of pyridine rings is 1. The lowest BCUT2D eigenvalue weighted by atomic mass is 10.0. The Bertz CT molecular complexity index is 1640. The molecule has 0 aliphatic rings. The van der Waals surface area contributed by atoms with E-state index in [1.54, 1.807) is 56.4 Å². The van der Waals surface area contributed by atoms with Gasteiger partial charge < -0.3 is 14.6 Å². The summed E-state index contributed by atoms with van der Waals surface area (Å²) in [6.07, 6.45) is 3.07. The van der Waals surface area contributed by atoms with Crippen molar-refractivity contribution in [1.29, 1.82) is 0 Å². The summed E-state index contributed by atoms with van der Waals surface area (Å²) in [5.41, 5.74) is 1.04. The van der Waals surface area contributed by atoms with Gasteiger partial charge in [-0.15, -0.1) is 0 Å². The molecule has 0 aliphatic heterocycles. The number of halogens is 1.